The molecule has 2 aromatic carbocycles. The van der Waals surface area contributed by atoms with Gasteiger partial charge >= 0.3 is 0 Å². The van der Waals surface area contributed by atoms with E-state index in [9.17, 15) is 18.0 Å². The van der Waals surface area contributed by atoms with Crippen molar-refractivity contribution in [2.24, 2.45) is 0 Å². The van der Waals surface area contributed by atoms with Crippen molar-refractivity contribution in [2.45, 2.75) is 25.0 Å². The molecular weight excluding hydrogens is 454 g/mol. The van der Waals surface area contributed by atoms with Crippen LogP contribution in [-0.4, -0.2) is 26.4 Å². The van der Waals surface area contributed by atoms with E-state index in [-0.39, 0.29) is 17.4 Å². The molecule has 1 aliphatic rings. The van der Waals surface area contributed by atoms with Crippen molar-refractivity contribution in [2.75, 3.05) is 11.6 Å². The second kappa shape index (κ2) is 8.57. The van der Waals surface area contributed by atoms with Gasteiger partial charge in [-0.25, -0.2) is 8.42 Å². The molecule has 160 valence electrons. The minimum atomic E-state index is -3.15. The Bertz CT molecular complexity index is 1260. The van der Waals surface area contributed by atoms with Gasteiger partial charge in [0.2, 0.25) is 0 Å². The average Bonchev–Trinajstić information content (AvgIpc) is 3.28. The topological polar surface area (TPSA) is 80.3 Å². The number of rotatable bonds is 6. The van der Waals surface area contributed by atoms with E-state index in [0.29, 0.717) is 32.3 Å². The number of ketones is 1. The molecule has 1 N–H and O–H groups in total. The first-order chi connectivity index (χ1) is 14.7. The highest BCUT2D eigenvalue weighted by Crippen LogP contribution is 2.40. The highest BCUT2D eigenvalue weighted by molar-refractivity contribution is 7.89. The number of anilines is 1. The van der Waals surface area contributed by atoms with Crippen LogP contribution >= 0.6 is 22.9 Å². The second-order valence-electron chi connectivity index (χ2n) is 7.62. The fourth-order valence-corrected chi connectivity index (χ4v) is 5.91. The van der Waals surface area contributed by atoms with Gasteiger partial charge < -0.3 is 5.32 Å². The van der Waals surface area contributed by atoms with E-state index in [4.69, 9.17) is 11.6 Å². The maximum atomic E-state index is 13.3. The van der Waals surface area contributed by atoms with Gasteiger partial charge in [0.05, 0.1) is 11.3 Å². The van der Waals surface area contributed by atoms with Gasteiger partial charge in [0.15, 0.2) is 15.6 Å². The zero-order valence-electron chi connectivity index (χ0n) is 16.8. The van der Waals surface area contributed by atoms with Crippen molar-refractivity contribution in [1.82, 2.24) is 0 Å². The summed E-state index contributed by atoms with van der Waals surface area (Å²) in [5, 5.41) is 4.01. The third-order valence-electron chi connectivity index (χ3n) is 5.13. The molecule has 0 saturated carbocycles. The molecule has 31 heavy (non-hydrogen) atoms. The van der Waals surface area contributed by atoms with Crippen LogP contribution in [0.25, 0.3) is 0 Å². The van der Waals surface area contributed by atoms with Crippen molar-refractivity contribution in [3.05, 3.63) is 86.2 Å². The molecule has 0 saturated heterocycles. The average molecular weight is 474 g/mol. The van der Waals surface area contributed by atoms with Gasteiger partial charge in [0.1, 0.15) is 5.00 Å². The van der Waals surface area contributed by atoms with Crippen molar-refractivity contribution in [3.8, 4) is 0 Å². The lowest BCUT2D eigenvalue weighted by molar-refractivity contribution is 0.102. The molecule has 0 aliphatic heterocycles. The predicted molar refractivity (Wildman–Crippen MR) is 124 cm³/mol. The number of hydrogen-bond acceptors (Lipinski definition) is 5. The van der Waals surface area contributed by atoms with Crippen LogP contribution in [-0.2, 0) is 28.4 Å². The van der Waals surface area contributed by atoms with E-state index in [2.05, 4.69) is 5.32 Å². The van der Waals surface area contributed by atoms with Crippen LogP contribution in [0.15, 0.2) is 48.5 Å². The summed E-state index contributed by atoms with van der Waals surface area (Å²) in [5.74, 6) is -0.544. The maximum absolute atomic E-state index is 13.3. The van der Waals surface area contributed by atoms with Crippen LogP contribution in [0.1, 0.15) is 48.7 Å². The molecule has 0 atom stereocenters. The quantitative estimate of drug-likeness (QED) is 0.515. The number of hydrogen-bond donors (Lipinski definition) is 1. The lowest BCUT2D eigenvalue weighted by Crippen LogP contribution is -2.14. The van der Waals surface area contributed by atoms with Crippen LogP contribution in [0.5, 0.6) is 0 Å². The van der Waals surface area contributed by atoms with Gasteiger partial charge in [-0.05, 0) is 66.8 Å². The Morgan fingerprint density at radius 3 is 2.29 bits per heavy atom. The molecule has 5 nitrogen and oxygen atoms in total. The molecular formula is C23H20ClNO4S2. The summed E-state index contributed by atoms with van der Waals surface area (Å²) < 4.78 is 22.9. The van der Waals surface area contributed by atoms with Crippen LogP contribution in [0, 0.1) is 0 Å². The molecule has 0 radical (unpaired) electrons. The summed E-state index contributed by atoms with van der Waals surface area (Å²) >= 11 is 7.40. The first-order valence-corrected chi connectivity index (χ1v) is 13.0. The molecule has 3 aromatic rings. The number of benzene rings is 2. The van der Waals surface area contributed by atoms with Crippen LogP contribution in [0.3, 0.4) is 0 Å². The van der Waals surface area contributed by atoms with E-state index >= 15 is 0 Å². The summed E-state index contributed by atoms with van der Waals surface area (Å²) in [7, 11) is -3.15. The number of amides is 1. The molecule has 1 amide bonds. The van der Waals surface area contributed by atoms with E-state index in [1.54, 1.807) is 48.5 Å². The summed E-state index contributed by atoms with van der Waals surface area (Å²) in [5.41, 5.74) is 3.12. The highest BCUT2D eigenvalue weighted by atomic mass is 35.5. The third kappa shape index (κ3) is 4.89. The zero-order chi connectivity index (χ0) is 22.2. The molecule has 8 heteroatoms. The van der Waals surface area contributed by atoms with Crippen LogP contribution in [0.2, 0.25) is 5.02 Å². The Labute approximate surface area is 190 Å². The Morgan fingerprint density at radius 1 is 1.00 bits per heavy atom. The number of nitrogens with one attached hydrogen (secondary N) is 1. The van der Waals surface area contributed by atoms with E-state index in [0.717, 1.165) is 29.7 Å². The third-order valence-corrected chi connectivity index (χ3v) is 7.44. The van der Waals surface area contributed by atoms with Crippen molar-refractivity contribution < 1.29 is 18.0 Å². The molecule has 0 fully saturated rings. The van der Waals surface area contributed by atoms with Crippen LogP contribution in [0.4, 0.5) is 5.00 Å². The van der Waals surface area contributed by atoms with Gasteiger partial charge in [-0.1, -0.05) is 23.7 Å². The van der Waals surface area contributed by atoms with Gasteiger partial charge in [-0.2, -0.15) is 0 Å². The SMILES string of the molecule is CS(=O)(=O)Cc1ccc(C(=O)Nc2sc3c(c2C(=O)c2ccc(Cl)cc2)CCC3)cc1. The number of thiophene rings is 1. The van der Waals surface area contributed by atoms with Crippen LogP contribution < -0.4 is 5.32 Å². The molecule has 1 aromatic heterocycles. The van der Waals surface area contributed by atoms with E-state index < -0.39 is 9.84 Å². The Morgan fingerprint density at radius 2 is 1.65 bits per heavy atom. The summed E-state index contributed by atoms with van der Waals surface area (Å²) in [6.45, 7) is 0. The molecule has 4 rings (SSSR count). The first kappa shape index (κ1) is 21.7. The zero-order valence-corrected chi connectivity index (χ0v) is 19.2. The lowest BCUT2D eigenvalue weighted by atomic mass is 10.0. The fraction of sp³-hybridized carbons (Fsp3) is 0.217. The van der Waals surface area contributed by atoms with E-state index in [1.807, 2.05) is 0 Å². The standard InChI is InChI=1S/C23H20ClNO4S2/c1-31(28,29)13-14-5-7-16(8-6-14)22(27)25-23-20(18-3-2-4-19(18)30-23)21(26)15-9-11-17(24)12-10-15/h5-12H,2-4,13H2,1H3,(H,25,27). The van der Waals surface area contributed by atoms with E-state index in [1.165, 1.54) is 17.6 Å². The monoisotopic (exact) mass is 473 g/mol. The summed E-state index contributed by atoms with van der Waals surface area (Å²) in [6.07, 6.45) is 3.88. The summed E-state index contributed by atoms with van der Waals surface area (Å²) in [6, 6.07) is 13.2. The molecule has 0 unspecified atom stereocenters. The molecule has 0 spiro atoms. The predicted octanol–water partition coefficient (Wildman–Crippen LogP) is 4.92. The number of sulfone groups is 1. The first-order valence-electron chi connectivity index (χ1n) is 9.74. The maximum Gasteiger partial charge on any atom is 0.256 e. The Hall–Kier alpha value is -2.48. The Balaban J connectivity index is 1.61. The number of carbonyl (C=O) groups is 2. The number of carbonyl (C=O) groups excluding carboxylic acids is 2. The second-order valence-corrected chi connectivity index (χ2v) is 11.3. The molecule has 1 aliphatic carbocycles. The number of fused-ring (bicyclic) bond motifs is 1. The summed E-state index contributed by atoms with van der Waals surface area (Å²) in [4.78, 5) is 27.2. The largest absolute Gasteiger partial charge is 0.313 e. The van der Waals surface area contributed by atoms with Gasteiger partial charge in [0, 0.05) is 27.3 Å². The smallest absolute Gasteiger partial charge is 0.256 e. The van der Waals surface area contributed by atoms with Gasteiger partial charge in [-0.15, -0.1) is 11.3 Å². The number of halogens is 1. The van der Waals surface area contributed by atoms with Crippen molar-refractivity contribution in [1.29, 1.82) is 0 Å². The highest BCUT2D eigenvalue weighted by Gasteiger charge is 2.28. The van der Waals surface area contributed by atoms with Gasteiger partial charge in [-0.3, -0.25) is 9.59 Å². The van der Waals surface area contributed by atoms with Gasteiger partial charge in [0.25, 0.3) is 5.91 Å². The minimum Gasteiger partial charge on any atom is -0.313 e. The fourth-order valence-electron chi connectivity index (χ4n) is 3.71. The molecule has 1 heterocycles. The normalized spacial score (nSPS) is 13.1. The van der Waals surface area contributed by atoms with Crippen molar-refractivity contribution in [3.63, 3.8) is 0 Å². The Kier molecular flexibility index (Phi) is 6.01. The molecule has 0 bridgehead atoms. The lowest BCUT2D eigenvalue weighted by Gasteiger charge is -2.09. The van der Waals surface area contributed by atoms with Crippen molar-refractivity contribution >= 4 is 49.5 Å². The number of aryl methyl sites for hydroxylation is 1. The minimum absolute atomic E-state index is 0.0771.